The summed E-state index contributed by atoms with van der Waals surface area (Å²) in [5.74, 6) is -0.464. The first-order valence-electron chi connectivity index (χ1n) is 22.7. The molecule has 0 saturated carbocycles. The normalized spacial score (nSPS) is 11.5. The highest BCUT2D eigenvalue weighted by Gasteiger charge is 1.99. The second kappa shape index (κ2) is 60.4. The molecular weight excluding hydrogens is 868 g/mol. The van der Waals surface area contributed by atoms with Crippen LogP contribution in [0.1, 0.15) is 0 Å². The Morgan fingerprint density at radius 1 is 0.246 bits per heavy atom. The van der Waals surface area contributed by atoms with Crippen molar-refractivity contribution < 1.29 is 105 Å². The van der Waals surface area contributed by atoms with Gasteiger partial charge >= 0.3 is 5.97 Å². The first kappa shape index (κ1) is 63.4. The number of hydrogen-bond acceptors (Lipinski definition) is 22. The van der Waals surface area contributed by atoms with Crippen LogP contribution in [-0.4, -0.2) is 275 Å². The fraction of sp³-hybridized carbons (Fsp3) is 0.930. The number of ether oxygens (including phenoxy) is 20. The Morgan fingerprint density at radius 2 is 0.369 bits per heavy atom. The third-order valence-electron chi connectivity index (χ3n) is 7.57. The summed E-state index contributed by atoms with van der Waals surface area (Å²) in [4.78, 5) is 10.9. The number of carbonyl (C=O) groups is 1. The van der Waals surface area contributed by atoms with Crippen LogP contribution >= 0.6 is 0 Å². The second-order valence-corrected chi connectivity index (χ2v) is 12.7. The minimum Gasteiger partial charge on any atom is -0.460 e. The van der Waals surface area contributed by atoms with Gasteiger partial charge in [-0.05, 0) is 0 Å². The maximum atomic E-state index is 10.9. The fourth-order valence-electron chi connectivity index (χ4n) is 4.39. The van der Waals surface area contributed by atoms with Crippen molar-refractivity contribution in [1.29, 1.82) is 0 Å². The number of aliphatic hydroxyl groups excluding tert-OH is 1. The number of aliphatic hydroxyl groups is 1. The van der Waals surface area contributed by atoms with Crippen molar-refractivity contribution in [2.24, 2.45) is 0 Å². The molecule has 0 atom stereocenters. The molecule has 65 heavy (non-hydrogen) atoms. The molecule has 0 aliphatic rings. The molecule has 0 spiro atoms. The Balaban J connectivity index is 3.07. The number of hydrogen-bond donors (Lipinski definition) is 1. The number of esters is 1. The van der Waals surface area contributed by atoms with Crippen LogP contribution in [0.5, 0.6) is 0 Å². The summed E-state index contributed by atoms with van der Waals surface area (Å²) in [6, 6.07) is 0. The Kier molecular flexibility index (Phi) is 58.9. The largest absolute Gasteiger partial charge is 0.460 e. The van der Waals surface area contributed by atoms with Gasteiger partial charge in [-0.25, -0.2) is 4.79 Å². The van der Waals surface area contributed by atoms with E-state index in [0.717, 1.165) is 6.08 Å². The molecule has 0 heterocycles. The van der Waals surface area contributed by atoms with Gasteiger partial charge in [0.2, 0.25) is 0 Å². The minimum atomic E-state index is -0.464. The predicted molar refractivity (Wildman–Crippen MR) is 234 cm³/mol. The summed E-state index contributed by atoms with van der Waals surface area (Å²) >= 11 is 0. The van der Waals surface area contributed by atoms with Gasteiger partial charge in [0.05, 0.1) is 258 Å². The van der Waals surface area contributed by atoms with Crippen LogP contribution in [0.3, 0.4) is 0 Å². The van der Waals surface area contributed by atoms with Gasteiger partial charge in [-0.3, -0.25) is 0 Å². The molecule has 0 aliphatic carbocycles. The molecule has 0 aromatic rings. The maximum absolute atomic E-state index is 10.9. The van der Waals surface area contributed by atoms with Crippen molar-refractivity contribution in [3.8, 4) is 0 Å². The highest BCUT2D eigenvalue weighted by molar-refractivity contribution is 5.81. The standard InChI is InChI=1S/C43H84O22/c1-2-43(45)65-42-41-64-40-39-63-38-37-62-36-35-61-34-33-60-32-31-59-30-29-58-28-27-57-26-25-56-24-23-55-22-21-54-20-19-53-18-17-52-16-15-51-14-13-50-12-11-49-10-9-48-8-7-47-6-5-46-4-3-44/h2,44H,1,3-42H2. The van der Waals surface area contributed by atoms with Gasteiger partial charge in [-0.1, -0.05) is 6.58 Å². The van der Waals surface area contributed by atoms with Crippen molar-refractivity contribution in [2.75, 3.05) is 264 Å². The van der Waals surface area contributed by atoms with Crippen LogP contribution in [0.4, 0.5) is 0 Å². The van der Waals surface area contributed by atoms with Gasteiger partial charge in [-0.2, -0.15) is 0 Å². The molecule has 0 saturated heterocycles. The minimum absolute atomic E-state index is 0.0183. The molecule has 1 N–H and O–H groups in total. The first-order valence-corrected chi connectivity index (χ1v) is 22.7. The lowest BCUT2D eigenvalue weighted by atomic mass is 10.6. The summed E-state index contributed by atoms with van der Waals surface area (Å²) in [5, 5.41) is 8.60. The Labute approximate surface area is 387 Å². The Morgan fingerprint density at radius 3 is 0.492 bits per heavy atom. The lowest BCUT2D eigenvalue weighted by Gasteiger charge is -2.09. The SMILES string of the molecule is C=CC(=O)OCCOCCOCCOCCOCCOCCOCCOCCOCCOCCOCCOCCOCCOCCOCCOCCOCCOCCOCCOCCO. The molecule has 0 aliphatic heterocycles. The molecule has 0 rings (SSSR count). The molecule has 0 unspecified atom stereocenters. The number of rotatable bonds is 60. The summed E-state index contributed by atoms with van der Waals surface area (Å²) in [6.45, 7) is 21.5. The van der Waals surface area contributed by atoms with Crippen LogP contribution < -0.4 is 0 Å². The zero-order chi connectivity index (χ0) is 46.7. The van der Waals surface area contributed by atoms with Gasteiger partial charge < -0.3 is 99.8 Å². The zero-order valence-corrected chi connectivity index (χ0v) is 39.1. The smallest absolute Gasteiger partial charge is 0.330 e. The Hall–Kier alpha value is -1.59. The van der Waals surface area contributed by atoms with Crippen LogP contribution in [0, 0.1) is 0 Å². The molecule has 0 amide bonds. The van der Waals surface area contributed by atoms with E-state index in [-0.39, 0.29) is 13.2 Å². The van der Waals surface area contributed by atoms with Crippen molar-refractivity contribution in [1.82, 2.24) is 0 Å². The third-order valence-corrected chi connectivity index (χ3v) is 7.57. The van der Waals surface area contributed by atoms with Crippen molar-refractivity contribution in [3.63, 3.8) is 0 Å². The highest BCUT2D eigenvalue weighted by atomic mass is 16.6. The van der Waals surface area contributed by atoms with Crippen LogP contribution in [0.2, 0.25) is 0 Å². The van der Waals surface area contributed by atoms with E-state index in [9.17, 15) is 4.79 Å². The molecule has 0 aromatic heterocycles. The third kappa shape index (κ3) is 60.4. The van der Waals surface area contributed by atoms with E-state index in [0.29, 0.717) is 251 Å². The van der Waals surface area contributed by atoms with Crippen molar-refractivity contribution in [2.45, 2.75) is 0 Å². The summed E-state index contributed by atoms with van der Waals surface area (Å²) in [5.41, 5.74) is 0. The lowest BCUT2D eigenvalue weighted by Crippen LogP contribution is -2.16. The van der Waals surface area contributed by atoms with E-state index in [1.54, 1.807) is 0 Å². The topological polar surface area (TPSA) is 222 Å². The van der Waals surface area contributed by atoms with Gasteiger partial charge in [0, 0.05) is 6.08 Å². The molecule has 0 radical (unpaired) electrons. The average Bonchev–Trinajstić information content (AvgIpc) is 3.32. The molecule has 0 bridgehead atoms. The summed E-state index contributed by atoms with van der Waals surface area (Å²) in [6.07, 6.45) is 1.11. The fourth-order valence-corrected chi connectivity index (χ4v) is 4.39. The predicted octanol–water partition coefficient (Wildman–Crippen LogP) is 0.0233. The maximum Gasteiger partial charge on any atom is 0.330 e. The van der Waals surface area contributed by atoms with Gasteiger partial charge in [0.15, 0.2) is 0 Å². The monoisotopic (exact) mass is 953 g/mol. The van der Waals surface area contributed by atoms with E-state index >= 15 is 0 Å². The van der Waals surface area contributed by atoms with Crippen molar-refractivity contribution in [3.05, 3.63) is 12.7 Å². The quantitative estimate of drug-likeness (QED) is 0.0483. The van der Waals surface area contributed by atoms with E-state index < -0.39 is 5.97 Å². The summed E-state index contributed by atoms with van der Waals surface area (Å²) < 4.78 is 108. The van der Waals surface area contributed by atoms with Gasteiger partial charge in [0.1, 0.15) is 6.61 Å². The molecule has 0 aromatic carbocycles. The number of carbonyl (C=O) groups excluding carboxylic acids is 1. The molecule has 0 fully saturated rings. The highest BCUT2D eigenvalue weighted by Crippen LogP contribution is 1.90. The van der Waals surface area contributed by atoms with E-state index in [4.69, 9.17) is 99.8 Å². The van der Waals surface area contributed by atoms with Gasteiger partial charge in [-0.15, -0.1) is 0 Å². The molecule has 388 valence electrons. The van der Waals surface area contributed by atoms with Crippen LogP contribution in [-0.2, 0) is 99.5 Å². The Bertz CT molecular complexity index is 897. The van der Waals surface area contributed by atoms with Crippen molar-refractivity contribution >= 4 is 5.97 Å². The molecular formula is C43H84O22. The second-order valence-electron chi connectivity index (χ2n) is 12.7. The van der Waals surface area contributed by atoms with E-state index in [2.05, 4.69) is 6.58 Å². The van der Waals surface area contributed by atoms with Crippen LogP contribution in [0.25, 0.3) is 0 Å². The lowest BCUT2D eigenvalue weighted by molar-refractivity contribution is -0.139. The van der Waals surface area contributed by atoms with E-state index in [1.807, 2.05) is 0 Å². The van der Waals surface area contributed by atoms with E-state index in [1.165, 1.54) is 0 Å². The van der Waals surface area contributed by atoms with Gasteiger partial charge in [0.25, 0.3) is 0 Å². The first-order chi connectivity index (χ1) is 32.3. The summed E-state index contributed by atoms with van der Waals surface area (Å²) in [7, 11) is 0. The molecule has 22 heteroatoms. The zero-order valence-electron chi connectivity index (χ0n) is 39.1. The molecule has 22 nitrogen and oxygen atoms in total. The van der Waals surface area contributed by atoms with Crippen LogP contribution in [0.15, 0.2) is 12.7 Å². The average molecular weight is 953 g/mol.